The number of aromatic nitrogens is 1. The van der Waals surface area contributed by atoms with Crippen LogP contribution in [0.3, 0.4) is 0 Å². The van der Waals surface area contributed by atoms with Crippen molar-refractivity contribution in [2.24, 2.45) is 5.73 Å². The summed E-state index contributed by atoms with van der Waals surface area (Å²) in [7, 11) is 0. The molecular weight excluding hydrogens is 639 g/mol. The van der Waals surface area contributed by atoms with Crippen LogP contribution in [-0.4, -0.2) is 71.4 Å². The molecule has 0 aliphatic carbocycles. The molecule has 0 fully saturated rings. The second-order valence-corrected chi connectivity index (χ2v) is 13.5. The molecule has 0 saturated carbocycles. The normalized spacial score (nSPS) is 14.2. The van der Waals surface area contributed by atoms with E-state index in [1.165, 1.54) is 12.1 Å². The molecule has 1 aliphatic rings. The van der Waals surface area contributed by atoms with E-state index in [-0.39, 0.29) is 31.2 Å². The van der Waals surface area contributed by atoms with E-state index >= 15 is 0 Å². The third-order valence-corrected chi connectivity index (χ3v) is 8.59. The van der Waals surface area contributed by atoms with Crippen LogP contribution >= 0.6 is 0 Å². The van der Waals surface area contributed by atoms with Crippen LogP contribution in [0.1, 0.15) is 85.9 Å². The average Bonchev–Trinajstić information content (AvgIpc) is 3.48. The second kappa shape index (κ2) is 16.3. The predicted molar refractivity (Wildman–Crippen MR) is 194 cm³/mol. The smallest absolute Gasteiger partial charge is 0.306 e. The molecule has 3 amide bonds. The number of H-pyrrole nitrogens is 1. The number of carbonyl (C=O) groups is 4. The van der Waals surface area contributed by atoms with E-state index in [1.54, 1.807) is 62.1 Å². The van der Waals surface area contributed by atoms with E-state index in [1.807, 2.05) is 13.8 Å². The molecule has 5 N–H and O–H groups in total. The number of nitrogens with zero attached hydrogens (tertiary/aromatic N) is 2. The first-order valence-corrected chi connectivity index (χ1v) is 17.0. The van der Waals surface area contributed by atoms with Crippen molar-refractivity contribution < 1.29 is 28.3 Å². The van der Waals surface area contributed by atoms with Crippen LogP contribution in [0.25, 0.3) is 11.6 Å². The Balaban J connectivity index is 1.46. The Morgan fingerprint density at radius 1 is 1.08 bits per heavy atom. The molecule has 1 atom stereocenters. The highest BCUT2D eigenvalue weighted by atomic mass is 19.1. The van der Waals surface area contributed by atoms with E-state index in [9.17, 15) is 23.6 Å². The zero-order chi connectivity index (χ0) is 36.7. The number of fused-ring (bicyclic) bond motifs is 1. The maximum absolute atomic E-state index is 14.5. The van der Waals surface area contributed by atoms with Gasteiger partial charge in [-0.2, -0.15) is 0 Å². The third kappa shape index (κ3) is 9.45. The molecule has 268 valence electrons. The number of halogens is 1. The highest BCUT2D eigenvalue weighted by molar-refractivity contribution is 6.35. The van der Waals surface area contributed by atoms with Crippen LogP contribution in [0, 0.1) is 19.7 Å². The summed E-state index contributed by atoms with van der Waals surface area (Å²) in [5.74, 6) is -1.83. The fourth-order valence-electron chi connectivity index (χ4n) is 5.89. The molecule has 1 aromatic heterocycles. The molecule has 1 aliphatic heterocycles. The largest absolute Gasteiger partial charge is 0.460 e. The quantitative estimate of drug-likeness (QED) is 0.132. The fourth-order valence-corrected chi connectivity index (χ4v) is 5.89. The summed E-state index contributed by atoms with van der Waals surface area (Å²) in [4.78, 5) is 58.7. The van der Waals surface area contributed by atoms with Gasteiger partial charge >= 0.3 is 5.97 Å². The van der Waals surface area contributed by atoms with Gasteiger partial charge in [0.25, 0.3) is 11.8 Å². The number of anilines is 2. The maximum Gasteiger partial charge on any atom is 0.306 e. The Labute approximate surface area is 293 Å². The van der Waals surface area contributed by atoms with Gasteiger partial charge in [-0.15, -0.1) is 0 Å². The van der Waals surface area contributed by atoms with Gasteiger partial charge in [-0.25, -0.2) is 4.39 Å². The molecule has 3 aromatic rings. The minimum atomic E-state index is -0.901. The molecule has 0 spiro atoms. The van der Waals surface area contributed by atoms with Gasteiger partial charge in [0.2, 0.25) is 5.91 Å². The van der Waals surface area contributed by atoms with Crippen molar-refractivity contribution in [2.75, 3.05) is 36.4 Å². The molecule has 0 saturated heterocycles. The van der Waals surface area contributed by atoms with Gasteiger partial charge in [0.05, 0.1) is 29.4 Å². The van der Waals surface area contributed by atoms with Crippen LogP contribution in [-0.2, 0) is 25.7 Å². The van der Waals surface area contributed by atoms with Gasteiger partial charge in [0, 0.05) is 42.1 Å². The summed E-state index contributed by atoms with van der Waals surface area (Å²) < 4.78 is 19.8. The Bertz CT molecular complexity index is 1750. The number of benzene rings is 2. The van der Waals surface area contributed by atoms with E-state index in [0.717, 1.165) is 25.2 Å². The summed E-state index contributed by atoms with van der Waals surface area (Å²) in [6.07, 6.45) is 1.84. The summed E-state index contributed by atoms with van der Waals surface area (Å²) in [6, 6.07) is 10.3. The van der Waals surface area contributed by atoms with Crippen LogP contribution < -0.4 is 21.3 Å². The number of ether oxygens (including phenoxy) is 1. The van der Waals surface area contributed by atoms with Crippen molar-refractivity contribution in [3.05, 3.63) is 81.9 Å². The van der Waals surface area contributed by atoms with Crippen molar-refractivity contribution in [3.8, 4) is 0 Å². The van der Waals surface area contributed by atoms with Crippen LogP contribution in [0.5, 0.6) is 0 Å². The molecule has 0 radical (unpaired) electrons. The topological polar surface area (TPSA) is 150 Å². The molecular formula is C38H49FN6O5. The zero-order valence-electron chi connectivity index (χ0n) is 30.0. The molecule has 12 heteroatoms. The Morgan fingerprint density at radius 2 is 1.76 bits per heavy atom. The lowest BCUT2D eigenvalue weighted by atomic mass is 10.0. The number of hydrogen-bond donors (Lipinski definition) is 4. The Morgan fingerprint density at radius 3 is 2.40 bits per heavy atom. The SMILES string of the molecule is CCN(CC)CCNC(=O)c1c(C)[nH]c(/C=C2\C(=O)N(Cc3ccc(NC(=O)[C@@H](N)CCC(=O)OC(C)(C)C)cc3)c3ccc(F)cc32)c1C. The lowest BCUT2D eigenvalue weighted by molar-refractivity contribution is -0.155. The maximum atomic E-state index is 14.5. The number of nitrogens with one attached hydrogen (secondary N) is 3. The zero-order valence-corrected chi connectivity index (χ0v) is 30.0. The summed E-state index contributed by atoms with van der Waals surface area (Å²) in [5.41, 5.74) is 10.5. The number of hydrogen-bond acceptors (Lipinski definition) is 7. The molecule has 0 bridgehead atoms. The Hall–Kier alpha value is -4.81. The molecule has 0 unspecified atom stereocenters. The fraction of sp³-hybridized carbons (Fsp3) is 0.421. The standard InChI is InChI=1S/C38H49FN6O5/c1-8-44(9-2)19-18-41-36(48)34-23(3)31(42-24(34)4)21-29-28-20-26(39)12-16-32(28)45(37(29)49)22-25-10-13-27(14-11-25)43-35(47)30(40)15-17-33(46)50-38(5,6)7/h10-14,16,20-21,30,42H,8-9,15,17-19,22,40H2,1-7H3,(H,41,48)(H,43,47)/b29-21-/t30-/m0/s1. The van der Waals surface area contributed by atoms with E-state index in [2.05, 4.69) is 34.4 Å². The minimum Gasteiger partial charge on any atom is -0.460 e. The van der Waals surface area contributed by atoms with Crippen molar-refractivity contribution in [2.45, 2.75) is 79.5 Å². The number of nitrogens with two attached hydrogens (primary N) is 1. The summed E-state index contributed by atoms with van der Waals surface area (Å²) in [6.45, 7) is 16.4. The van der Waals surface area contributed by atoms with Crippen molar-refractivity contribution in [3.63, 3.8) is 0 Å². The highest BCUT2D eigenvalue weighted by Crippen LogP contribution is 2.39. The molecule has 50 heavy (non-hydrogen) atoms. The van der Waals surface area contributed by atoms with Gasteiger partial charge in [-0.1, -0.05) is 26.0 Å². The van der Waals surface area contributed by atoms with Crippen LogP contribution in [0.2, 0.25) is 0 Å². The van der Waals surface area contributed by atoms with E-state index < -0.39 is 29.3 Å². The molecule has 2 heterocycles. The number of likely N-dealkylation sites (N-methyl/N-ethyl adjacent to an activating group) is 1. The number of rotatable bonds is 14. The van der Waals surface area contributed by atoms with Crippen molar-refractivity contribution >= 4 is 46.7 Å². The Kier molecular flexibility index (Phi) is 12.4. The van der Waals surface area contributed by atoms with Crippen molar-refractivity contribution in [1.82, 2.24) is 15.2 Å². The highest BCUT2D eigenvalue weighted by Gasteiger charge is 2.33. The monoisotopic (exact) mass is 688 g/mol. The second-order valence-electron chi connectivity index (χ2n) is 13.5. The number of carbonyl (C=O) groups excluding carboxylic acids is 4. The minimum absolute atomic E-state index is 0.0210. The van der Waals surface area contributed by atoms with Gasteiger partial charge in [0.1, 0.15) is 11.4 Å². The van der Waals surface area contributed by atoms with Gasteiger partial charge in [0.15, 0.2) is 0 Å². The lowest BCUT2D eigenvalue weighted by Gasteiger charge is -2.20. The van der Waals surface area contributed by atoms with Crippen LogP contribution in [0.15, 0.2) is 42.5 Å². The number of esters is 1. The number of aryl methyl sites for hydroxylation is 1. The van der Waals surface area contributed by atoms with E-state index in [4.69, 9.17) is 10.5 Å². The van der Waals surface area contributed by atoms with Gasteiger partial charge in [-0.3, -0.25) is 19.2 Å². The first-order valence-electron chi connectivity index (χ1n) is 17.0. The summed E-state index contributed by atoms with van der Waals surface area (Å²) in [5, 5.41) is 5.76. The third-order valence-electron chi connectivity index (χ3n) is 8.59. The number of aromatic amines is 1. The van der Waals surface area contributed by atoms with Crippen molar-refractivity contribution in [1.29, 1.82) is 0 Å². The van der Waals surface area contributed by atoms with E-state index in [0.29, 0.717) is 51.6 Å². The molecule has 2 aromatic carbocycles. The summed E-state index contributed by atoms with van der Waals surface area (Å²) >= 11 is 0. The average molecular weight is 689 g/mol. The number of amides is 3. The van der Waals surface area contributed by atoms with Gasteiger partial charge in [-0.05, 0) is 102 Å². The molecule has 11 nitrogen and oxygen atoms in total. The van der Waals surface area contributed by atoms with Crippen LogP contribution in [0.4, 0.5) is 15.8 Å². The first-order chi connectivity index (χ1) is 23.6. The molecule has 4 rings (SSSR count). The lowest BCUT2D eigenvalue weighted by Crippen LogP contribution is -2.36. The van der Waals surface area contributed by atoms with Gasteiger partial charge < -0.3 is 35.9 Å². The first kappa shape index (κ1) is 38.0. The predicted octanol–water partition coefficient (Wildman–Crippen LogP) is 5.32.